The van der Waals surface area contributed by atoms with E-state index in [1.165, 1.54) is 5.56 Å². The van der Waals surface area contributed by atoms with Gasteiger partial charge in [0.15, 0.2) is 0 Å². The van der Waals surface area contributed by atoms with E-state index in [4.69, 9.17) is 5.11 Å². The number of benzene rings is 2. The minimum atomic E-state index is -0.914. The van der Waals surface area contributed by atoms with Crippen LogP contribution in [0.3, 0.4) is 0 Å². The van der Waals surface area contributed by atoms with Gasteiger partial charge in [0.05, 0.1) is 5.56 Å². The largest absolute Gasteiger partial charge is 0.478 e. The molecule has 0 heterocycles. The third kappa shape index (κ3) is 4.16. The van der Waals surface area contributed by atoms with Gasteiger partial charge in [0.2, 0.25) is 0 Å². The van der Waals surface area contributed by atoms with Crippen molar-refractivity contribution in [2.45, 2.75) is 19.0 Å². The molecule has 4 nitrogen and oxygen atoms in total. The number of rotatable bonds is 7. The van der Waals surface area contributed by atoms with Crippen molar-refractivity contribution < 1.29 is 15.0 Å². The standard InChI is InChI=1S/C18H21NO3/c1-19(13-14-7-9-16(10-8-14)18(21)22)17(11-12-20)15-5-3-2-4-6-15/h2-10,17,20H,11-13H2,1H3,(H,21,22). The van der Waals surface area contributed by atoms with Gasteiger partial charge in [0, 0.05) is 19.2 Å². The Kier molecular flexibility index (Phi) is 5.69. The average molecular weight is 299 g/mol. The van der Waals surface area contributed by atoms with Crippen molar-refractivity contribution in [3.05, 3.63) is 71.3 Å². The van der Waals surface area contributed by atoms with Gasteiger partial charge in [-0.2, -0.15) is 0 Å². The zero-order valence-corrected chi connectivity index (χ0v) is 12.6. The number of nitrogens with zero attached hydrogens (tertiary/aromatic N) is 1. The van der Waals surface area contributed by atoms with Crippen LogP contribution < -0.4 is 0 Å². The van der Waals surface area contributed by atoms with Gasteiger partial charge < -0.3 is 10.2 Å². The summed E-state index contributed by atoms with van der Waals surface area (Å²) in [6.07, 6.45) is 0.660. The van der Waals surface area contributed by atoms with Crippen molar-refractivity contribution in [2.75, 3.05) is 13.7 Å². The highest BCUT2D eigenvalue weighted by atomic mass is 16.4. The fourth-order valence-corrected chi connectivity index (χ4v) is 2.59. The van der Waals surface area contributed by atoms with Crippen molar-refractivity contribution in [1.29, 1.82) is 0 Å². The summed E-state index contributed by atoms with van der Waals surface area (Å²) in [5.41, 5.74) is 2.51. The molecule has 0 fully saturated rings. The molecule has 0 aromatic heterocycles. The molecule has 0 radical (unpaired) electrons. The summed E-state index contributed by atoms with van der Waals surface area (Å²) < 4.78 is 0. The molecular weight excluding hydrogens is 278 g/mol. The molecule has 0 aliphatic heterocycles. The fourth-order valence-electron chi connectivity index (χ4n) is 2.59. The molecule has 2 rings (SSSR count). The van der Waals surface area contributed by atoms with E-state index in [0.29, 0.717) is 18.5 Å². The van der Waals surface area contributed by atoms with E-state index in [9.17, 15) is 9.90 Å². The molecule has 0 aliphatic carbocycles. The second-order valence-corrected chi connectivity index (χ2v) is 5.36. The Labute approximate surface area is 130 Å². The zero-order chi connectivity index (χ0) is 15.9. The molecule has 0 aliphatic rings. The summed E-state index contributed by atoms with van der Waals surface area (Å²) in [6, 6.07) is 17.1. The van der Waals surface area contributed by atoms with Gasteiger partial charge in [-0.15, -0.1) is 0 Å². The van der Waals surface area contributed by atoms with E-state index in [-0.39, 0.29) is 12.6 Å². The van der Waals surface area contributed by atoms with Crippen molar-refractivity contribution >= 4 is 5.97 Å². The summed E-state index contributed by atoms with van der Waals surface area (Å²) >= 11 is 0. The van der Waals surface area contributed by atoms with Crippen molar-refractivity contribution in [3.63, 3.8) is 0 Å². The minimum Gasteiger partial charge on any atom is -0.478 e. The highest BCUT2D eigenvalue weighted by molar-refractivity contribution is 5.87. The predicted octanol–water partition coefficient (Wildman–Crippen LogP) is 2.94. The SMILES string of the molecule is CN(Cc1ccc(C(=O)O)cc1)C(CCO)c1ccccc1. The number of hydrogen-bond donors (Lipinski definition) is 2. The summed E-state index contributed by atoms with van der Waals surface area (Å²) in [7, 11) is 2.01. The van der Waals surface area contributed by atoms with Crippen LogP contribution in [0, 0.1) is 0 Å². The summed E-state index contributed by atoms with van der Waals surface area (Å²) in [5, 5.41) is 18.2. The average Bonchev–Trinajstić information content (AvgIpc) is 2.53. The van der Waals surface area contributed by atoms with E-state index in [1.54, 1.807) is 12.1 Å². The molecule has 0 bridgehead atoms. The number of hydrogen-bond acceptors (Lipinski definition) is 3. The van der Waals surface area contributed by atoms with Crippen molar-refractivity contribution in [2.24, 2.45) is 0 Å². The van der Waals surface area contributed by atoms with Gasteiger partial charge >= 0.3 is 5.97 Å². The number of aliphatic hydroxyl groups excluding tert-OH is 1. The van der Waals surface area contributed by atoms with Crippen LogP contribution in [0.15, 0.2) is 54.6 Å². The first-order valence-corrected chi connectivity index (χ1v) is 7.30. The smallest absolute Gasteiger partial charge is 0.335 e. The second-order valence-electron chi connectivity index (χ2n) is 5.36. The molecule has 2 aromatic rings. The zero-order valence-electron chi connectivity index (χ0n) is 12.6. The molecule has 0 spiro atoms. The fraction of sp³-hybridized carbons (Fsp3) is 0.278. The molecule has 0 saturated heterocycles. The molecule has 4 heteroatoms. The Balaban J connectivity index is 2.10. The lowest BCUT2D eigenvalue weighted by atomic mass is 10.0. The van der Waals surface area contributed by atoms with Gasteiger partial charge in [-0.25, -0.2) is 4.79 Å². The van der Waals surface area contributed by atoms with Crippen molar-refractivity contribution in [3.8, 4) is 0 Å². The van der Waals surface area contributed by atoms with Crippen LogP contribution in [0.2, 0.25) is 0 Å². The van der Waals surface area contributed by atoms with E-state index >= 15 is 0 Å². The molecule has 2 N–H and O–H groups in total. The quantitative estimate of drug-likeness (QED) is 0.825. The van der Waals surface area contributed by atoms with Crippen molar-refractivity contribution in [1.82, 2.24) is 4.90 Å². The summed E-state index contributed by atoms with van der Waals surface area (Å²) in [4.78, 5) is 13.0. The van der Waals surface area contributed by atoms with E-state index in [1.807, 2.05) is 37.4 Å². The summed E-state index contributed by atoms with van der Waals surface area (Å²) in [5.74, 6) is -0.914. The van der Waals surface area contributed by atoms with E-state index < -0.39 is 5.97 Å². The molecular formula is C18H21NO3. The second kappa shape index (κ2) is 7.73. The molecule has 2 aromatic carbocycles. The molecule has 0 saturated carbocycles. The molecule has 116 valence electrons. The maximum Gasteiger partial charge on any atom is 0.335 e. The minimum absolute atomic E-state index is 0.127. The van der Waals surface area contributed by atoms with Gasteiger partial charge in [0.25, 0.3) is 0 Å². The van der Waals surface area contributed by atoms with E-state index in [0.717, 1.165) is 5.56 Å². The topological polar surface area (TPSA) is 60.8 Å². The third-order valence-electron chi connectivity index (χ3n) is 3.75. The summed E-state index contributed by atoms with van der Waals surface area (Å²) in [6.45, 7) is 0.821. The van der Waals surface area contributed by atoms with Crippen LogP contribution in [0.1, 0.15) is 33.9 Å². The van der Waals surface area contributed by atoms with Crippen LogP contribution in [0.5, 0.6) is 0 Å². The van der Waals surface area contributed by atoms with Gasteiger partial charge in [-0.05, 0) is 36.7 Å². The number of aromatic carboxylic acids is 1. The Morgan fingerprint density at radius 3 is 2.27 bits per heavy atom. The first kappa shape index (κ1) is 16.2. The lowest BCUT2D eigenvalue weighted by Gasteiger charge is -2.28. The number of aliphatic hydroxyl groups is 1. The van der Waals surface area contributed by atoms with Crippen LogP contribution >= 0.6 is 0 Å². The maximum atomic E-state index is 10.9. The lowest BCUT2D eigenvalue weighted by Crippen LogP contribution is -2.25. The maximum absolute atomic E-state index is 10.9. The molecule has 22 heavy (non-hydrogen) atoms. The molecule has 0 amide bonds. The predicted molar refractivity (Wildman–Crippen MR) is 85.8 cm³/mol. The van der Waals surface area contributed by atoms with E-state index in [2.05, 4.69) is 17.0 Å². The van der Waals surface area contributed by atoms with Gasteiger partial charge in [0.1, 0.15) is 0 Å². The highest BCUT2D eigenvalue weighted by Gasteiger charge is 2.16. The molecule has 1 unspecified atom stereocenters. The molecule has 1 atom stereocenters. The Morgan fingerprint density at radius 1 is 1.09 bits per heavy atom. The number of carboxylic acid groups (broad SMARTS) is 1. The number of carbonyl (C=O) groups is 1. The Hall–Kier alpha value is -2.17. The van der Waals surface area contributed by atoms with Crippen LogP contribution in [0.25, 0.3) is 0 Å². The number of carboxylic acids is 1. The lowest BCUT2D eigenvalue weighted by molar-refractivity contribution is 0.0697. The first-order valence-electron chi connectivity index (χ1n) is 7.30. The van der Waals surface area contributed by atoms with Gasteiger partial charge in [-0.3, -0.25) is 4.90 Å². The Bertz CT molecular complexity index is 595. The van der Waals surface area contributed by atoms with Crippen LogP contribution in [0.4, 0.5) is 0 Å². The van der Waals surface area contributed by atoms with Crippen LogP contribution in [-0.4, -0.2) is 34.7 Å². The van der Waals surface area contributed by atoms with Crippen LogP contribution in [-0.2, 0) is 6.54 Å². The highest BCUT2D eigenvalue weighted by Crippen LogP contribution is 2.24. The first-order chi connectivity index (χ1) is 10.6. The third-order valence-corrected chi connectivity index (χ3v) is 3.75. The monoisotopic (exact) mass is 299 g/mol. The Morgan fingerprint density at radius 2 is 1.73 bits per heavy atom. The van der Waals surface area contributed by atoms with Gasteiger partial charge in [-0.1, -0.05) is 42.5 Å². The normalized spacial score (nSPS) is 12.3.